The van der Waals surface area contributed by atoms with Crippen LogP contribution < -0.4 is 5.32 Å². The van der Waals surface area contributed by atoms with Gasteiger partial charge in [0.2, 0.25) is 10.0 Å². The molecule has 0 saturated carbocycles. The molecule has 1 fully saturated rings. The molecule has 0 amide bonds. The van der Waals surface area contributed by atoms with E-state index in [1.54, 1.807) is 13.0 Å². The van der Waals surface area contributed by atoms with Crippen molar-refractivity contribution >= 4 is 43.1 Å². The van der Waals surface area contributed by atoms with Crippen molar-refractivity contribution in [1.29, 1.82) is 0 Å². The Morgan fingerprint density at radius 2 is 2.00 bits per heavy atom. The van der Waals surface area contributed by atoms with E-state index in [-0.39, 0.29) is 0 Å². The summed E-state index contributed by atoms with van der Waals surface area (Å²) in [5, 5.41) is 6.09. The number of hydrogen-bond acceptors (Lipinski definition) is 7. The monoisotopic (exact) mass is 390 g/mol. The van der Waals surface area contributed by atoms with Gasteiger partial charge in [-0.05, 0) is 36.1 Å². The molecule has 0 unspecified atom stereocenters. The summed E-state index contributed by atoms with van der Waals surface area (Å²) in [5.41, 5.74) is 1.39. The number of nitrogens with zero attached hydrogens (tertiary/aromatic N) is 3. The number of nitrogens with one attached hydrogen (secondary N) is 1. The van der Waals surface area contributed by atoms with Crippen molar-refractivity contribution in [3.05, 3.63) is 41.5 Å². The summed E-state index contributed by atoms with van der Waals surface area (Å²) < 4.78 is 32.7. The summed E-state index contributed by atoms with van der Waals surface area (Å²) >= 11 is 1.54. The van der Waals surface area contributed by atoms with E-state index in [1.165, 1.54) is 22.0 Å². The predicted octanol–water partition coefficient (Wildman–Crippen LogP) is 2.76. The van der Waals surface area contributed by atoms with Crippen molar-refractivity contribution < 1.29 is 13.2 Å². The van der Waals surface area contributed by atoms with Crippen LogP contribution in [-0.4, -0.2) is 49.0 Å². The minimum absolute atomic E-state index is 0.306. The highest BCUT2D eigenvalue weighted by molar-refractivity contribution is 7.89. The minimum Gasteiger partial charge on any atom is -0.379 e. The van der Waals surface area contributed by atoms with E-state index in [0.29, 0.717) is 48.3 Å². The third kappa shape index (κ3) is 3.18. The van der Waals surface area contributed by atoms with Crippen LogP contribution in [0.5, 0.6) is 0 Å². The first-order valence-corrected chi connectivity index (χ1v) is 10.5. The molecule has 1 saturated heterocycles. The molecule has 1 aliphatic heterocycles. The Morgan fingerprint density at radius 3 is 2.81 bits per heavy atom. The van der Waals surface area contributed by atoms with Gasteiger partial charge in [0.25, 0.3) is 0 Å². The highest BCUT2D eigenvalue weighted by Gasteiger charge is 2.28. The molecule has 3 heterocycles. The quantitative estimate of drug-likeness (QED) is 0.737. The summed E-state index contributed by atoms with van der Waals surface area (Å²) in [4.78, 5) is 9.71. The number of hydrogen-bond donors (Lipinski definition) is 1. The Morgan fingerprint density at radius 1 is 1.19 bits per heavy atom. The first-order chi connectivity index (χ1) is 12.6. The van der Waals surface area contributed by atoms with Gasteiger partial charge < -0.3 is 10.1 Å². The predicted molar refractivity (Wildman–Crippen MR) is 101 cm³/mol. The second kappa shape index (κ2) is 6.92. The molecule has 26 heavy (non-hydrogen) atoms. The Bertz CT molecular complexity index is 1040. The normalized spacial score (nSPS) is 16.0. The molecule has 136 valence electrons. The van der Waals surface area contributed by atoms with Gasteiger partial charge in [-0.2, -0.15) is 4.31 Å². The Balaban J connectivity index is 1.69. The topological polar surface area (TPSA) is 84.4 Å². The maximum atomic E-state index is 13.0. The summed E-state index contributed by atoms with van der Waals surface area (Å²) in [6, 6.07) is 7.28. The van der Waals surface area contributed by atoms with E-state index in [2.05, 4.69) is 15.3 Å². The van der Waals surface area contributed by atoms with Crippen molar-refractivity contribution in [1.82, 2.24) is 14.3 Å². The van der Waals surface area contributed by atoms with Crippen molar-refractivity contribution in [3.63, 3.8) is 0 Å². The Labute approximate surface area is 155 Å². The van der Waals surface area contributed by atoms with Gasteiger partial charge in [0, 0.05) is 18.8 Å². The number of aryl methyl sites for hydroxylation is 1. The lowest BCUT2D eigenvalue weighted by Gasteiger charge is -2.26. The highest BCUT2D eigenvalue weighted by Crippen LogP contribution is 2.29. The smallest absolute Gasteiger partial charge is 0.243 e. The van der Waals surface area contributed by atoms with Gasteiger partial charge in [-0.25, -0.2) is 18.4 Å². The molecule has 0 atom stereocenters. The first kappa shape index (κ1) is 17.3. The lowest BCUT2D eigenvalue weighted by molar-refractivity contribution is 0.0730. The fraction of sp³-hybridized carbons (Fsp3) is 0.294. The molecule has 0 spiro atoms. The maximum absolute atomic E-state index is 13.0. The molecule has 1 aromatic carbocycles. The fourth-order valence-electron chi connectivity index (χ4n) is 2.91. The van der Waals surface area contributed by atoms with Gasteiger partial charge in [-0.3, -0.25) is 0 Å². The SMILES string of the molecule is Cc1ccc(Nc2ncnc3sccc23)cc1S(=O)(=O)N1CCOCC1. The number of benzene rings is 1. The lowest BCUT2D eigenvalue weighted by Crippen LogP contribution is -2.40. The average Bonchev–Trinajstić information content (AvgIpc) is 3.14. The van der Waals surface area contributed by atoms with Crippen LogP contribution in [0.1, 0.15) is 5.56 Å². The van der Waals surface area contributed by atoms with Gasteiger partial charge in [-0.1, -0.05) is 6.07 Å². The number of rotatable bonds is 4. The number of sulfonamides is 1. The van der Waals surface area contributed by atoms with Crippen molar-refractivity contribution in [2.24, 2.45) is 0 Å². The van der Waals surface area contributed by atoms with E-state index in [4.69, 9.17) is 4.74 Å². The van der Waals surface area contributed by atoms with E-state index < -0.39 is 10.0 Å². The van der Waals surface area contributed by atoms with Crippen LogP contribution in [0.3, 0.4) is 0 Å². The lowest BCUT2D eigenvalue weighted by atomic mass is 10.2. The molecule has 2 aromatic heterocycles. The second-order valence-electron chi connectivity index (χ2n) is 5.98. The Hall–Kier alpha value is -2.07. The van der Waals surface area contributed by atoms with Crippen LogP contribution in [-0.2, 0) is 14.8 Å². The van der Waals surface area contributed by atoms with E-state index in [9.17, 15) is 8.42 Å². The van der Waals surface area contributed by atoms with E-state index in [0.717, 1.165) is 10.2 Å². The zero-order valence-corrected chi connectivity index (χ0v) is 15.8. The van der Waals surface area contributed by atoms with Crippen LogP contribution in [0.2, 0.25) is 0 Å². The number of ether oxygens (including phenoxy) is 1. The molecule has 3 aromatic rings. The summed E-state index contributed by atoms with van der Waals surface area (Å²) in [6.45, 7) is 3.40. The molecule has 7 nitrogen and oxygen atoms in total. The molecular weight excluding hydrogens is 372 g/mol. The van der Waals surface area contributed by atoms with Crippen molar-refractivity contribution in [3.8, 4) is 0 Å². The van der Waals surface area contributed by atoms with Gasteiger partial charge in [0.15, 0.2) is 0 Å². The molecule has 9 heteroatoms. The zero-order valence-electron chi connectivity index (χ0n) is 14.2. The van der Waals surface area contributed by atoms with Crippen LogP contribution in [0.15, 0.2) is 40.9 Å². The van der Waals surface area contributed by atoms with Crippen molar-refractivity contribution in [2.45, 2.75) is 11.8 Å². The molecular formula is C17H18N4O3S2. The van der Waals surface area contributed by atoms with Crippen molar-refractivity contribution in [2.75, 3.05) is 31.6 Å². The van der Waals surface area contributed by atoms with Crippen LogP contribution in [0, 0.1) is 6.92 Å². The maximum Gasteiger partial charge on any atom is 0.243 e. The number of thiophene rings is 1. The zero-order chi connectivity index (χ0) is 18.1. The highest BCUT2D eigenvalue weighted by atomic mass is 32.2. The third-order valence-corrected chi connectivity index (χ3v) is 7.16. The van der Waals surface area contributed by atoms with Crippen LogP contribution >= 0.6 is 11.3 Å². The van der Waals surface area contributed by atoms with Crippen LogP contribution in [0.25, 0.3) is 10.2 Å². The Kier molecular flexibility index (Phi) is 4.62. The first-order valence-electron chi connectivity index (χ1n) is 8.19. The number of morpholine rings is 1. The van der Waals surface area contributed by atoms with E-state index in [1.807, 2.05) is 23.6 Å². The molecule has 4 rings (SSSR count). The standard InChI is InChI=1S/C17H18N4O3S2/c1-12-2-3-13(20-16-14-4-9-25-17(14)19-11-18-16)10-15(12)26(22,23)21-5-7-24-8-6-21/h2-4,9-11H,5-8H2,1H3,(H,18,19,20). The number of anilines is 2. The molecule has 1 aliphatic rings. The summed E-state index contributed by atoms with van der Waals surface area (Å²) in [5.74, 6) is 0.662. The average molecular weight is 390 g/mol. The van der Waals surface area contributed by atoms with Gasteiger partial charge in [0.1, 0.15) is 17.0 Å². The summed E-state index contributed by atoms with van der Waals surface area (Å²) in [7, 11) is -3.56. The minimum atomic E-state index is -3.56. The van der Waals surface area contributed by atoms with Gasteiger partial charge in [-0.15, -0.1) is 11.3 Å². The number of aromatic nitrogens is 2. The fourth-order valence-corrected chi connectivity index (χ4v) is 5.30. The molecule has 0 bridgehead atoms. The molecule has 1 N–H and O–H groups in total. The summed E-state index contributed by atoms with van der Waals surface area (Å²) in [6.07, 6.45) is 1.50. The van der Waals surface area contributed by atoms with Gasteiger partial charge in [0.05, 0.1) is 23.5 Å². The van der Waals surface area contributed by atoms with Crippen LogP contribution in [0.4, 0.5) is 11.5 Å². The largest absolute Gasteiger partial charge is 0.379 e. The molecule has 0 radical (unpaired) electrons. The van der Waals surface area contributed by atoms with E-state index >= 15 is 0 Å². The van der Waals surface area contributed by atoms with Gasteiger partial charge >= 0.3 is 0 Å². The molecule has 0 aliphatic carbocycles. The third-order valence-electron chi connectivity index (χ3n) is 4.30. The number of fused-ring (bicyclic) bond motifs is 1. The second-order valence-corrected chi connectivity index (χ2v) is 8.78.